The van der Waals surface area contributed by atoms with Gasteiger partial charge in [0.15, 0.2) is 5.76 Å². The molecule has 6 heteroatoms. The first kappa shape index (κ1) is 12.6. The number of furan rings is 1. The molecular weight excluding hydrogens is 238 g/mol. The molecule has 0 aliphatic carbocycles. The van der Waals surface area contributed by atoms with E-state index in [1.165, 1.54) is 12.1 Å². The van der Waals surface area contributed by atoms with Crippen molar-refractivity contribution in [2.45, 2.75) is 25.3 Å². The highest BCUT2D eigenvalue weighted by molar-refractivity contribution is 5.93. The number of aromatic carboxylic acids is 1. The van der Waals surface area contributed by atoms with Crippen LogP contribution in [0.2, 0.25) is 0 Å². The van der Waals surface area contributed by atoms with Crippen LogP contribution >= 0.6 is 0 Å². The van der Waals surface area contributed by atoms with Gasteiger partial charge in [0, 0.05) is 18.8 Å². The van der Waals surface area contributed by atoms with E-state index in [9.17, 15) is 9.59 Å². The van der Waals surface area contributed by atoms with Gasteiger partial charge in [-0.1, -0.05) is 0 Å². The predicted octanol–water partition coefficient (Wildman–Crippen LogP) is 1.28. The number of carboxylic acid groups (broad SMARTS) is 1. The fraction of sp³-hybridized carbons (Fsp3) is 0.500. The number of nitrogens with one attached hydrogen (secondary N) is 1. The molecule has 2 heterocycles. The smallest absolute Gasteiger partial charge is 0.371 e. The standard InChI is InChI=1S/C12H15NO5/c1-12(4-6-17-7-5-12)13-10(14)8-2-3-9(18-8)11(15)16/h2-3H,4-7H2,1H3,(H,13,14)(H,15,16). The van der Waals surface area contributed by atoms with Crippen LogP contribution < -0.4 is 5.32 Å². The molecule has 0 radical (unpaired) electrons. The lowest BCUT2D eigenvalue weighted by Crippen LogP contribution is -2.49. The Hall–Kier alpha value is -1.82. The third kappa shape index (κ3) is 2.70. The summed E-state index contributed by atoms with van der Waals surface area (Å²) < 4.78 is 10.2. The zero-order valence-electron chi connectivity index (χ0n) is 10.1. The molecule has 1 aliphatic heterocycles. The van der Waals surface area contributed by atoms with Crippen LogP contribution in [0.5, 0.6) is 0 Å². The predicted molar refractivity (Wildman–Crippen MR) is 61.6 cm³/mol. The molecule has 18 heavy (non-hydrogen) atoms. The number of carbonyl (C=O) groups excluding carboxylic acids is 1. The maximum absolute atomic E-state index is 11.9. The van der Waals surface area contributed by atoms with Gasteiger partial charge < -0.3 is 19.6 Å². The Morgan fingerprint density at radius 1 is 1.28 bits per heavy atom. The van der Waals surface area contributed by atoms with Crippen LogP contribution in [0.15, 0.2) is 16.5 Å². The van der Waals surface area contributed by atoms with E-state index in [0.717, 1.165) is 12.8 Å². The van der Waals surface area contributed by atoms with Crippen molar-refractivity contribution < 1.29 is 23.8 Å². The molecule has 0 unspecified atom stereocenters. The summed E-state index contributed by atoms with van der Waals surface area (Å²) in [7, 11) is 0. The summed E-state index contributed by atoms with van der Waals surface area (Å²) in [6.45, 7) is 3.15. The molecule has 1 fully saturated rings. The van der Waals surface area contributed by atoms with Crippen LogP contribution in [-0.4, -0.2) is 35.7 Å². The number of hydrogen-bond donors (Lipinski definition) is 2. The van der Waals surface area contributed by atoms with E-state index in [1.54, 1.807) is 0 Å². The Bertz CT molecular complexity index is 459. The Balaban J connectivity index is 2.04. The number of ether oxygens (including phenoxy) is 1. The zero-order chi connectivity index (χ0) is 13.2. The summed E-state index contributed by atoms with van der Waals surface area (Å²) in [5.74, 6) is -1.81. The Labute approximate surface area is 104 Å². The van der Waals surface area contributed by atoms with Crippen molar-refractivity contribution in [2.24, 2.45) is 0 Å². The molecule has 6 nitrogen and oxygen atoms in total. The molecule has 0 atom stereocenters. The van der Waals surface area contributed by atoms with Crippen LogP contribution in [0, 0.1) is 0 Å². The molecule has 0 spiro atoms. The quantitative estimate of drug-likeness (QED) is 0.847. The van der Waals surface area contributed by atoms with Gasteiger partial charge in [-0.2, -0.15) is 0 Å². The second-order valence-electron chi connectivity index (χ2n) is 4.60. The van der Waals surface area contributed by atoms with Gasteiger partial charge in [0.2, 0.25) is 5.76 Å². The van der Waals surface area contributed by atoms with E-state index in [0.29, 0.717) is 13.2 Å². The monoisotopic (exact) mass is 253 g/mol. The molecule has 0 aromatic carbocycles. The molecule has 2 N–H and O–H groups in total. The first-order valence-corrected chi connectivity index (χ1v) is 5.74. The first-order valence-electron chi connectivity index (χ1n) is 5.74. The maximum atomic E-state index is 11.9. The fourth-order valence-electron chi connectivity index (χ4n) is 1.86. The van der Waals surface area contributed by atoms with Crippen molar-refractivity contribution in [1.82, 2.24) is 5.32 Å². The average Bonchev–Trinajstić information content (AvgIpc) is 2.78. The number of amides is 1. The molecule has 2 rings (SSSR count). The van der Waals surface area contributed by atoms with Crippen LogP contribution in [0.1, 0.15) is 40.9 Å². The molecule has 1 saturated heterocycles. The van der Waals surface area contributed by atoms with E-state index in [4.69, 9.17) is 14.3 Å². The van der Waals surface area contributed by atoms with Gasteiger partial charge in [0.1, 0.15) is 0 Å². The van der Waals surface area contributed by atoms with Crippen molar-refractivity contribution in [3.63, 3.8) is 0 Å². The van der Waals surface area contributed by atoms with Crippen LogP contribution in [0.25, 0.3) is 0 Å². The second-order valence-corrected chi connectivity index (χ2v) is 4.60. The SMILES string of the molecule is CC1(NC(=O)c2ccc(C(=O)O)o2)CCOCC1. The first-order chi connectivity index (χ1) is 8.50. The number of hydrogen-bond acceptors (Lipinski definition) is 4. The van der Waals surface area contributed by atoms with E-state index in [-0.39, 0.29) is 17.1 Å². The van der Waals surface area contributed by atoms with Gasteiger partial charge in [-0.3, -0.25) is 4.79 Å². The average molecular weight is 253 g/mol. The lowest BCUT2D eigenvalue weighted by atomic mass is 9.92. The minimum Gasteiger partial charge on any atom is -0.475 e. The van der Waals surface area contributed by atoms with E-state index >= 15 is 0 Å². The highest BCUT2D eigenvalue weighted by atomic mass is 16.5. The summed E-state index contributed by atoms with van der Waals surface area (Å²) in [6.07, 6.45) is 1.45. The fourth-order valence-corrected chi connectivity index (χ4v) is 1.86. The summed E-state index contributed by atoms with van der Waals surface area (Å²) >= 11 is 0. The van der Waals surface area contributed by atoms with Crippen LogP contribution in [0.3, 0.4) is 0 Å². The lowest BCUT2D eigenvalue weighted by molar-refractivity contribution is 0.0414. The zero-order valence-corrected chi connectivity index (χ0v) is 10.1. The lowest BCUT2D eigenvalue weighted by Gasteiger charge is -2.34. The minimum atomic E-state index is -1.19. The van der Waals surface area contributed by atoms with Gasteiger partial charge in [-0.25, -0.2) is 4.79 Å². The minimum absolute atomic E-state index is 0.0140. The molecular formula is C12H15NO5. The van der Waals surface area contributed by atoms with Crippen LogP contribution in [-0.2, 0) is 4.74 Å². The normalized spacial score (nSPS) is 18.3. The van der Waals surface area contributed by atoms with Crippen molar-refractivity contribution in [2.75, 3.05) is 13.2 Å². The van der Waals surface area contributed by atoms with E-state index in [1.807, 2.05) is 6.92 Å². The molecule has 98 valence electrons. The molecule has 1 aromatic rings. The molecule has 0 saturated carbocycles. The second kappa shape index (κ2) is 4.81. The Morgan fingerprint density at radius 2 is 1.89 bits per heavy atom. The third-order valence-corrected chi connectivity index (χ3v) is 3.05. The summed E-state index contributed by atoms with van der Waals surface area (Å²) in [5.41, 5.74) is -0.328. The van der Waals surface area contributed by atoms with E-state index < -0.39 is 11.9 Å². The Morgan fingerprint density at radius 3 is 2.44 bits per heavy atom. The van der Waals surface area contributed by atoms with Gasteiger partial charge >= 0.3 is 5.97 Å². The summed E-state index contributed by atoms with van der Waals surface area (Å²) in [4.78, 5) is 22.6. The summed E-state index contributed by atoms with van der Waals surface area (Å²) in [6, 6.07) is 2.63. The van der Waals surface area contributed by atoms with Crippen molar-refractivity contribution in [3.8, 4) is 0 Å². The van der Waals surface area contributed by atoms with Crippen molar-refractivity contribution in [1.29, 1.82) is 0 Å². The highest BCUT2D eigenvalue weighted by Gasteiger charge is 2.30. The largest absolute Gasteiger partial charge is 0.475 e. The highest BCUT2D eigenvalue weighted by Crippen LogP contribution is 2.20. The number of carboxylic acids is 1. The number of carbonyl (C=O) groups is 2. The molecule has 1 amide bonds. The number of rotatable bonds is 3. The van der Waals surface area contributed by atoms with E-state index in [2.05, 4.69) is 5.32 Å². The Kier molecular flexibility index (Phi) is 3.38. The van der Waals surface area contributed by atoms with Crippen molar-refractivity contribution >= 4 is 11.9 Å². The van der Waals surface area contributed by atoms with Gasteiger partial charge in [-0.05, 0) is 31.9 Å². The van der Waals surface area contributed by atoms with Crippen LogP contribution in [0.4, 0.5) is 0 Å². The van der Waals surface area contributed by atoms with Gasteiger partial charge in [-0.15, -0.1) is 0 Å². The van der Waals surface area contributed by atoms with Gasteiger partial charge in [0.05, 0.1) is 0 Å². The topological polar surface area (TPSA) is 88.8 Å². The molecule has 1 aliphatic rings. The van der Waals surface area contributed by atoms with Gasteiger partial charge in [0.25, 0.3) is 5.91 Å². The van der Waals surface area contributed by atoms with Crippen molar-refractivity contribution in [3.05, 3.63) is 23.7 Å². The maximum Gasteiger partial charge on any atom is 0.371 e. The molecule has 1 aromatic heterocycles. The summed E-state index contributed by atoms with van der Waals surface area (Å²) in [5, 5.41) is 11.6. The molecule has 0 bridgehead atoms. The third-order valence-electron chi connectivity index (χ3n) is 3.05.